The number of ketones is 2. The number of carbonyl (C=O) groups excluding carboxylic acids is 6. The van der Waals surface area contributed by atoms with E-state index in [-0.39, 0.29) is 88.0 Å². The van der Waals surface area contributed by atoms with Crippen LogP contribution in [0.5, 0.6) is 0 Å². The first-order valence-corrected chi connectivity index (χ1v) is 23.0. The molecule has 0 radical (unpaired) electrons. The summed E-state index contributed by atoms with van der Waals surface area (Å²) in [6.45, 7) is 14.4. The Balaban J connectivity index is 1.54. The fraction of sp³-hybridized carbons (Fsp3) is 0.640. The van der Waals surface area contributed by atoms with E-state index in [1.165, 1.54) is 4.90 Å². The molecule has 12 nitrogen and oxygen atoms in total. The molecule has 3 N–H and O–H groups in total. The molecule has 0 bridgehead atoms. The molecule has 4 rings (SSSR count). The van der Waals surface area contributed by atoms with Gasteiger partial charge >= 0.3 is 12.2 Å². The maximum Gasteiger partial charge on any atom is 0.408 e. The van der Waals surface area contributed by atoms with Gasteiger partial charge in [-0.1, -0.05) is 87.4 Å². The number of Topliss-reactive ketones (excluding diaryl/α,β-unsaturated/α-hetero) is 2. The Labute approximate surface area is 378 Å². The Morgan fingerprint density at radius 3 is 1.78 bits per heavy atom. The van der Waals surface area contributed by atoms with Gasteiger partial charge in [-0.25, -0.2) is 18.4 Å². The smallest absolute Gasteiger partial charge is 0.408 e. The maximum atomic E-state index is 15.2. The average Bonchev–Trinajstić information content (AvgIpc) is 3.17. The van der Waals surface area contributed by atoms with Gasteiger partial charge in [0.1, 0.15) is 11.2 Å². The quantitative estimate of drug-likeness (QED) is 0.105. The minimum atomic E-state index is -2.88. The van der Waals surface area contributed by atoms with Crippen LogP contribution in [0.15, 0.2) is 60.7 Å². The topological polar surface area (TPSA) is 160 Å². The second kappa shape index (κ2) is 22.8. The lowest BCUT2D eigenvalue weighted by Crippen LogP contribution is -2.67. The molecular formula is C50H72F2N4O8. The van der Waals surface area contributed by atoms with E-state index in [2.05, 4.69) is 16.0 Å². The summed E-state index contributed by atoms with van der Waals surface area (Å²) in [6.07, 6.45) is 1.23. The largest absolute Gasteiger partial charge is 0.444 e. The summed E-state index contributed by atoms with van der Waals surface area (Å²) in [7, 11) is 0. The monoisotopic (exact) mass is 895 g/mol. The first-order chi connectivity index (χ1) is 30.0. The number of carbonyl (C=O) groups is 6. The SMILES string of the molecule is CC(C)C[C@@H](NC(=O)[C@H](CC(=O)[C@@H](Cc1ccccc1)NC(=O)OC(C)(C)C)Cc1ccccc1)C(=O)C[C@H](CCCCNC(=O)OC(C)(C)C)C(=O)N1CC2(CCCCC2(F)F)C1. The standard InChI is InChI=1S/C50H72F2N4O8/c1-34(2)27-39(41(57)30-37(23-15-18-26-53-45(61)63-47(3,4)5)44(60)56-32-49(33-56)24-16-17-25-50(49,51)52)54-43(59)38(28-35-19-11-9-12-20-35)31-42(58)40(29-36-21-13-10-14-22-36)55-46(62)64-48(6,7)8/h9-14,19-22,34,37-40H,15-18,23-33H2,1-8H3,(H,53,61)(H,54,59)(H,55,62)/t37-,38-,39+,40+/m0/s1. The van der Waals surface area contributed by atoms with Crippen LogP contribution >= 0.6 is 0 Å². The average molecular weight is 895 g/mol. The Hall–Kier alpha value is -4.88. The zero-order chi connectivity index (χ0) is 47.3. The van der Waals surface area contributed by atoms with E-state index in [9.17, 15) is 28.8 Å². The van der Waals surface area contributed by atoms with Gasteiger partial charge in [0, 0.05) is 50.7 Å². The molecule has 2 aromatic carbocycles. The molecule has 1 saturated carbocycles. The summed E-state index contributed by atoms with van der Waals surface area (Å²) in [5.74, 6) is -6.34. The van der Waals surface area contributed by atoms with Gasteiger partial charge in [0.15, 0.2) is 11.6 Å². The normalized spacial score (nSPS) is 17.6. The minimum Gasteiger partial charge on any atom is -0.444 e. The van der Waals surface area contributed by atoms with Crippen molar-refractivity contribution in [3.63, 3.8) is 0 Å². The number of ether oxygens (including phenoxy) is 2. The van der Waals surface area contributed by atoms with E-state index in [1.54, 1.807) is 41.5 Å². The third kappa shape index (κ3) is 16.3. The summed E-state index contributed by atoms with van der Waals surface area (Å²) in [5.41, 5.74) is -1.15. The third-order valence-corrected chi connectivity index (χ3v) is 11.8. The van der Waals surface area contributed by atoms with Gasteiger partial charge in [0.25, 0.3) is 5.92 Å². The first-order valence-electron chi connectivity index (χ1n) is 23.0. The number of alkyl carbamates (subject to hydrolysis) is 2. The molecule has 4 atom stereocenters. The molecule has 1 heterocycles. The highest BCUT2D eigenvalue weighted by Crippen LogP contribution is 2.53. The zero-order valence-electron chi connectivity index (χ0n) is 39.2. The Kier molecular flexibility index (Phi) is 18.5. The molecule has 1 spiro atoms. The molecule has 64 heavy (non-hydrogen) atoms. The Morgan fingerprint density at radius 2 is 1.22 bits per heavy atom. The lowest BCUT2D eigenvalue weighted by Gasteiger charge is -2.56. The number of alkyl halides is 2. The summed E-state index contributed by atoms with van der Waals surface area (Å²) >= 11 is 0. The molecule has 14 heteroatoms. The number of rotatable bonds is 21. The van der Waals surface area contributed by atoms with Gasteiger partial charge in [-0.2, -0.15) is 0 Å². The Morgan fingerprint density at radius 1 is 0.688 bits per heavy atom. The highest BCUT2D eigenvalue weighted by molar-refractivity contribution is 5.95. The number of nitrogens with one attached hydrogen (secondary N) is 3. The van der Waals surface area contributed by atoms with Crippen molar-refractivity contribution in [3.05, 3.63) is 71.8 Å². The van der Waals surface area contributed by atoms with E-state index in [0.29, 0.717) is 32.1 Å². The van der Waals surface area contributed by atoms with Crippen LogP contribution in [0.4, 0.5) is 18.4 Å². The number of hydrogen-bond acceptors (Lipinski definition) is 8. The molecule has 0 unspecified atom stereocenters. The van der Waals surface area contributed by atoms with Crippen molar-refractivity contribution in [1.29, 1.82) is 0 Å². The van der Waals surface area contributed by atoms with Gasteiger partial charge in [0.2, 0.25) is 11.8 Å². The van der Waals surface area contributed by atoms with Crippen molar-refractivity contribution in [2.75, 3.05) is 19.6 Å². The summed E-state index contributed by atoms with van der Waals surface area (Å²) in [6, 6.07) is 16.4. The number of hydrogen-bond donors (Lipinski definition) is 3. The number of benzene rings is 2. The lowest BCUT2D eigenvalue weighted by atomic mass is 9.65. The van der Waals surface area contributed by atoms with Crippen molar-refractivity contribution in [1.82, 2.24) is 20.9 Å². The van der Waals surface area contributed by atoms with Gasteiger partial charge in [-0.05, 0) is 104 Å². The molecule has 2 aromatic rings. The molecule has 1 aliphatic carbocycles. The first kappa shape index (κ1) is 51.8. The molecule has 2 fully saturated rings. The lowest BCUT2D eigenvalue weighted by molar-refractivity contribution is -0.214. The highest BCUT2D eigenvalue weighted by Gasteiger charge is 2.62. The zero-order valence-corrected chi connectivity index (χ0v) is 39.2. The van der Waals surface area contributed by atoms with Crippen molar-refractivity contribution in [2.24, 2.45) is 23.2 Å². The Bertz CT molecular complexity index is 1870. The molecular weight excluding hydrogens is 823 g/mol. The van der Waals surface area contributed by atoms with Crippen LogP contribution in [-0.2, 0) is 41.5 Å². The van der Waals surface area contributed by atoms with Crippen LogP contribution in [0.1, 0.15) is 131 Å². The van der Waals surface area contributed by atoms with Crippen LogP contribution in [0.3, 0.4) is 0 Å². The van der Waals surface area contributed by atoms with Crippen LogP contribution in [-0.4, -0.2) is 89.3 Å². The van der Waals surface area contributed by atoms with E-state index >= 15 is 8.78 Å². The number of amides is 4. The second-order valence-electron chi connectivity index (χ2n) is 20.3. The number of likely N-dealkylation sites (tertiary alicyclic amines) is 1. The predicted octanol–water partition coefficient (Wildman–Crippen LogP) is 8.78. The molecule has 1 saturated heterocycles. The van der Waals surface area contributed by atoms with Crippen molar-refractivity contribution in [3.8, 4) is 0 Å². The van der Waals surface area contributed by atoms with Crippen LogP contribution < -0.4 is 16.0 Å². The van der Waals surface area contributed by atoms with Gasteiger partial charge in [-0.15, -0.1) is 0 Å². The number of nitrogens with zero attached hydrogens (tertiary/aromatic N) is 1. The molecule has 2 aliphatic rings. The number of halogens is 2. The van der Waals surface area contributed by atoms with E-state index in [1.807, 2.05) is 74.5 Å². The summed E-state index contributed by atoms with van der Waals surface area (Å²) in [5, 5.41) is 8.40. The van der Waals surface area contributed by atoms with E-state index < -0.39 is 64.6 Å². The molecule has 1 aliphatic heterocycles. The second-order valence-corrected chi connectivity index (χ2v) is 20.3. The van der Waals surface area contributed by atoms with Gasteiger partial charge in [-0.3, -0.25) is 19.2 Å². The van der Waals surface area contributed by atoms with Crippen molar-refractivity contribution >= 4 is 35.6 Å². The van der Waals surface area contributed by atoms with E-state index in [0.717, 1.165) is 11.1 Å². The van der Waals surface area contributed by atoms with E-state index in [4.69, 9.17) is 9.47 Å². The van der Waals surface area contributed by atoms with Crippen LogP contribution in [0, 0.1) is 23.2 Å². The summed E-state index contributed by atoms with van der Waals surface area (Å²) < 4.78 is 41.2. The molecule has 4 amide bonds. The van der Waals surface area contributed by atoms with Crippen LogP contribution in [0.25, 0.3) is 0 Å². The third-order valence-electron chi connectivity index (χ3n) is 11.8. The van der Waals surface area contributed by atoms with Crippen molar-refractivity contribution < 1.29 is 47.0 Å². The fourth-order valence-corrected chi connectivity index (χ4v) is 8.58. The van der Waals surface area contributed by atoms with Gasteiger partial charge in [0.05, 0.1) is 17.5 Å². The highest BCUT2D eigenvalue weighted by atomic mass is 19.3. The van der Waals surface area contributed by atoms with Crippen molar-refractivity contribution in [2.45, 2.75) is 162 Å². The fourth-order valence-electron chi connectivity index (χ4n) is 8.58. The molecule has 0 aromatic heterocycles. The minimum absolute atomic E-state index is 0.0476. The number of unbranched alkanes of at least 4 members (excludes halogenated alkanes) is 1. The summed E-state index contributed by atoms with van der Waals surface area (Å²) in [4.78, 5) is 83.9. The molecule has 354 valence electrons. The van der Waals surface area contributed by atoms with Crippen LogP contribution in [0.2, 0.25) is 0 Å². The maximum absolute atomic E-state index is 15.2. The van der Waals surface area contributed by atoms with Gasteiger partial charge < -0.3 is 30.3 Å². The predicted molar refractivity (Wildman–Crippen MR) is 242 cm³/mol.